The smallest absolute Gasteiger partial charge is 0.150 e. The molecule has 1 aliphatic carbocycles. The Balaban J connectivity index is 1.81. The lowest BCUT2D eigenvalue weighted by Crippen LogP contribution is -2.54. The van der Waals surface area contributed by atoms with Crippen molar-refractivity contribution in [1.29, 1.82) is 0 Å². The molecule has 16 heavy (non-hydrogen) atoms. The number of rotatable bonds is 2. The van der Waals surface area contributed by atoms with E-state index in [1.807, 2.05) is 0 Å². The lowest BCUT2D eigenvalue weighted by molar-refractivity contribution is 0.0471. The van der Waals surface area contributed by atoms with Crippen LogP contribution in [-0.4, -0.2) is 38.2 Å². The van der Waals surface area contributed by atoms with Crippen LogP contribution in [0.15, 0.2) is 0 Å². The zero-order chi connectivity index (χ0) is 11.4. The van der Waals surface area contributed by atoms with Crippen molar-refractivity contribution in [1.82, 2.24) is 0 Å². The van der Waals surface area contributed by atoms with E-state index in [2.05, 4.69) is 0 Å². The SMILES string of the molecule is NC1(C2CCS(=O)(=O)C2)CCOC1C1CC1. The normalized spacial score (nSPS) is 47.3. The predicted molar refractivity (Wildman–Crippen MR) is 60.8 cm³/mol. The van der Waals surface area contributed by atoms with Crippen molar-refractivity contribution in [3.63, 3.8) is 0 Å². The summed E-state index contributed by atoms with van der Waals surface area (Å²) >= 11 is 0. The molecule has 3 aliphatic rings. The number of hydrogen-bond donors (Lipinski definition) is 1. The highest BCUT2D eigenvalue weighted by atomic mass is 32.2. The first-order valence-electron chi connectivity index (χ1n) is 6.12. The zero-order valence-corrected chi connectivity index (χ0v) is 10.2. The Hall–Kier alpha value is -0.130. The number of ether oxygens (including phenoxy) is 1. The minimum absolute atomic E-state index is 0.116. The molecule has 0 bridgehead atoms. The van der Waals surface area contributed by atoms with E-state index in [4.69, 9.17) is 10.5 Å². The standard InChI is InChI=1S/C11H19NO3S/c12-11(9-3-6-16(13,14)7-9)4-5-15-10(11)8-1-2-8/h8-10H,1-7,12H2. The van der Waals surface area contributed by atoms with E-state index >= 15 is 0 Å². The van der Waals surface area contributed by atoms with Gasteiger partial charge in [-0.1, -0.05) is 0 Å². The molecule has 92 valence electrons. The van der Waals surface area contributed by atoms with Crippen LogP contribution in [-0.2, 0) is 14.6 Å². The van der Waals surface area contributed by atoms with Crippen LogP contribution in [0.4, 0.5) is 0 Å². The van der Waals surface area contributed by atoms with Gasteiger partial charge in [0.05, 0.1) is 17.6 Å². The summed E-state index contributed by atoms with van der Waals surface area (Å²) in [5.41, 5.74) is 6.11. The van der Waals surface area contributed by atoms with Gasteiger partial charge in [0.2, 0.25) is 0 Å². The summed E-state index contributed by atoms with van der Waals surface area (Å²) in [5, 5.41) is 0. The summed E-state index contributed by atoms with van der Waals surface area (Å²) in [7, 11) is -2.84. The Morgan fingerprint density at radius 2 is 2.00 bits per heavy atom. The van der Waals surface area contributed by atoms with E-state index in [1.54, 1.807) is 0 Å². The summed E-state index contributed by atoms with van der Waals surface area (Å²) in [5.74, 6) is 1.30. The van der Waals surface area contributed by atoms with Gasteiger partial charge in [-0.3, -0.25) is 0 Å². The molecule has 5 heteroatoms. The van der Waals surface area contributed by atoms with Crippen molar-refractivity contribution in [3.8, 4) is 0 Å². The molecule has 0 radical (unpaired) electrons. The molecule has 1 saturated carbocycles. The maximum absolute atomic E-state index is 11.5. The van der Waals surface area contributed by atoms with Gasteiger partial charge in [-0.25, -0.2) is 8.42 Å². The Labute approximate surface area is 96.5 Å². The molecule has 0 aromatic rings. The lowest BCUT2D eigenvalue weighted by atomic mass is 9.77. The monoisotopic (exact) mass is 245 g/mol. The average Bonchev–Trinajstić information content (AvgIpc) is 2.87. The second-order valence-corrected chi connectivity index (χ2v) is 7.82. The van der Waals surface area contributed by atoms with E-state index in [9.17, 15) is 8.42 Å². The van der Waals surface area contributed by atoms with Gasteiger partial charge in [-0.05, 0) is 37.5 Å². The number of sulfone groups is 1. The van der Waals surface area contributed by atoms with E-state index < -0.39 is 9.84 Å². The van der Waals surface area contributed by atoms with E-state index in [0.29, 0.717) is 18.3 Å². The third kappa shape index (κ3) is 1.69. The highest BCUT2D eigenvalue weighted by molar-refractivity contribution is 7.91. The van der Waals surface area contributed by atoms with Crippen LogP contribution in [0.3, 0.4) is 0 Å². The Morgan fingerprint density at radius 3 is 2.56 bits per heavy atom. The van der Waals surface area contributed by atoms with Gasteiger partial charge in [0.1, 0.15) is 0 Å². The highest BCUT2D eigenvalue weighted by Crippen LogP contribution is 2.47. The van der Waals surface area contributed by atoms with Crippen LogP contribution in [0, 0.1) is 11.8 Å². The van der Waals surface area contributed by atoms with Crippen LogP contribution in [0.2, 0.25) is 0 Å². The molecule has 2 aliphatic heterocycles. The zero-order valence-electron chi connectivity index (χ0n) is 9.39. The molecular formula is C11H19NO3S. The molecule has 0 spiro atoms. The van der Waals surface area contributed by atoms with Gasteiger partial charge in [-0.2, -0.15) is 0 Å². The topological polar surface area (TPSA) is 69.4 Å². The summed E-state index contributed by atoms with van der Waals surface area (Å²) in [6.07, 6.45) is 4.07. The van der Waals surface area contributed by atoms with Crippen LogP contribution in [0.25, 0.3) is 0 Å². The van der Waals surface area contributed by atoms with E-state index in [0.717, 1.165) is 12.8 Å². The van der Waals surface area contributed by atoms with Crippen LogP contribution in [0.5, 0.6) is 0 Å². The van der Waals surface area contributed by atoms with E-state index in [-0.39, 0.29) is 23.3 Å². The summed E-state index contributed by atoms with van der Waals surface area (Å²) in [4.78, 5) is 0. The minimum Gasteiger partial charge on any atom is -0.376 e. The Morgan fingerprint density at radius 1 is 1.25 bits per heavy atom. The lowest BCUT2D eigenvalue weighted by Gasteiger charge is -2.35. The third-order valence-corrected chi connectivity index (χ3v) is 6.17. The third-order valence-electron chi connectivity index (χ3n) is 4.40. The molecule has 2 heterocycles. The van der Waals surface area contributed by atoms with Gasteiger partial charge in [0.15, 0.2) is 9.84 Å². The van der Waals surface area contributed by atoms with Gasteiger partial charge in [0.25, 0.3) is 0 Å². The second-order valence-electron chi connectivity index (χ2n) is 5.59. The van der Waals surface area contributed by atoms with Gasteiger partial charge >= 0.3 is 0 Å². The van der Waals surface area contributed by atoms with Gasteiger partial charge < -0.3 is 10.5 Å². The molecule has 3 atom stereocenters. The summed E-state index contributed by atoms with van der Waals surface area (Å²) < 4.78 is 28.8. The molecule has 4 nitrogen and oxygen atoms in total. The van der Waals surface area contributed by atoms with Crippen LogP contribution in [0.1, 0.15) is 25.7 Å². The number of hydrogen-bond acceptors (Lipinski definition) is 4. The summed E-state index contributed by atoms with van der Waals surface area (Å²) in [6.45, 7) is 0.703. The van der Waals surface area contributed by atoms with Crippen LogP contribution < -0.4 is 5.73 Å². The van der Waals surface area contributed by atoms with Crippen molar-refractivity contribution in [2.45, 2.75) is 37.3 Å². The first kappa shape index (κ1) is 11.0. The summed E-state index contributed by atoms with van der Waals surface area (Å²) in [6, 6.07) is 0. The number of nitrogens with two attached hydrogens (primary N) is 1. The van der Waals surface area contributed by atoms with Crippen molar-refractivity contribution >= 4 is 9.84 Å². The fourth-order valence-corrected chi connectivity index (χ4v) is 5.19. The fraction of sp³-hybridized carbons (Fsp3) is 1.00. The van der Waals surface area contributed by atoms with Gasteiger partial charge in [0, 0.05) is 12.1 Å². The molecular weight excluding hydrogens is 226 g/mol. The van der Waals surface area contributed by atoms with Crippen molar-refractivity contribution in [3.05, 3.63) is 0 Å². The predicted octanol–water partition coefficient (Wildman–Crippen LogP) is 0.317. The highest BCUT2D eigenvalue weighted by Gasteiger charge is 2.54. The fourth-order valence-electron chi connectivity index (χ4n) is 3.29. The van der Waals surface area contributed by atoms with Crippen molar-refractivity contribution in [2.24, 2.45) is 17.6 Å². The average molecular weight is 245 g/mol. The van der Waals surface area contributed by atoms with Crippen molar-refractivity contribution < 1.29 is 13.2 Å². The molecule has 0 amide bonds. The maximum atomic E-state index is 11.5. The molecule has 3 unspecified atom stereocenters. The van der Waals surface area contributed by atoms with Gasteiger partial charge in [-0.15, -0.1) is 0 Å². The largest absolute Gasteiger partial charge is 0.376 e. The first-order chi connectivity index (χ1) is 7.51. The van der Waals surface area contributed by atoms with Crippen molar-refractivity contribution in [2.75, 3.05) is 18.1 Å². The second kappa shape index (κ2) is 3.43. The molecule has 0 aromatic heterocycles. The maximum Gasteiger partial charge on any atom is 0.150 e. The molecule has 2 N–H and O–H groups in total. The molecule has 3 rings (SSSR count). The van der Waals surface area contributed by atoms with E-state index in [1.165, 1.54) is 12.8 Å². The Kier molecular flexibility index (Phi) is 2.36. The first-order valence-corrected chi connectivity index (χ1v) is 7.94. The minimum atomic E-state index is -2.84. The Bertz CT molecular complexity index is 390. The quantitative estimate of drug-likeness (QED) is 0.760. The molecule has 3 fully saturated rings. The van der Waals surface area contributed by atoms with Crippen LogP contribution >= 0.6 is 0 Å². The molecule has 2 saturated heterocycles. The molecule has 0 aromatic carbocycles.